The molecule has 4 N–H and O–H groups in total. The summed E-state index contributed by atoms with van der Waals surface area (Å²) < 4.78 is 5.34. The highest BCUT2D eigenvalue weighted by Gasteiger charge is 2.55. The van der Waals surface area contributed by atoms with Crippen molar-refractivity contribution >= 4 is 35.0 Å². The van der Waals surface area contributed by atoms with Crippen LogP contribution in [0.2, 0.25) is 5.02 Å². The predicted octanol–water partition coefficient (Wildman–Crippen LogP) is 6.10. The normalized spacial score (nSPS) is 23.0. The third kappa shape index (κ3) is 6.30. The molecule has 5 rings (SSSR count). The van der Waals surface area contributed by atoms with E-state index in [-0.39, 0.29) is 35.7 Å². The second-order valence-electron chi connectivity index (χ2n) is 12.9. The number of halogens is 1. The van der Waals surface area contributed by atoms with Crippen LogP contribution in [0.15, 0.2) is 57.8 Å². The lowest BCUT2D eigenvalue weighted by molar-refractivity contribution is -0.134. The van der Waals surface area contributed by atoms with Crippen LogP contribution in [0.25, 0.3) is 0 Å². The molecule has 10 nitrogen and oxygen atoms in total. The minimum absolute atomic E-state index is 0.0815. The molecule has 2 aromatic rings. The number of nitrogens with one attached hydrogen (secondary N) is 2. The lowest BCUT2D eigenvalue weighted by Crippen LogP contribution is -2.52. The number of rotatable bonds is 8. The number of nitrogens with zero attached hydrogens (tertiary/aromatic N) is 4. The maximum absolute atomic E-state index is 14.5. The van der Waals surface area contributed by atoms with E-state index in [1.165, 1.54) is 0 Å². The van der Waals surface area contributed by atoms with Crippen LogP contribution >= 0.6 is 11.6 Å². The van der Waals surface area contributed by atoms with E-state index in [0.717, 1.165) is 44.1 Å². The zero-order valence-electron chi connectivity index (χ0n) is 25.2. The second-order valence-corrected chi connectivity index (χ2v) is 13.3. The van der Waals surface area contributed by atoms with Crippen LogP contribution in [0.3, 0.4) is 0 Å². The van der Waals surface area contributed by atoms with Crippen LogP contribution in [0.4, 0.5) is 0 Å². The summed E-state index contributed by atoms with van der Waals surface area (Å²) >= 11 is 6.49. The molecular weight excluding hydrogens is 566 g/mol. The van der Waals surface area contributed by atoms with Crippen molar-refractivity contribution in [2.45, 2.75) is 71.0 Å². The van der Waals surface area contributed by atoms with Crippen molar-refractivity contribution in [2.24, 2.45) is 38.4 Å². The second kappa shape index (κ2) is 12.1. The van der Waals surface area contributed by atoms with Crippen LogP contribution in [0.1, 0.15) is 86.8 Å². The molecule has 1 atom stereocenters. The average Bonchev–Trinajstić information content (AvgIpc) is 3.78. The largest absolute Gasteiger partial charge is 0.495 e. The summed E-state index contributed by atoms with van der Waals surface area (Å²) in [5, 5.41) is 17.2. The minimum Gasteiger partial charge on any atom is -0.495 e. The van der Waals surface area contributed by atoms with Crippen LogP contribution in [0, 0.1) is 22.7 Å². The number of benzene rings is 2. The van der Waals surface area contributed by atoms with E-state index in [1.54, 1.807) is 31.4 Å². The number of amides is 2. The molecule has 11 heteroatoms. The Kier molecular flexibility index (Phi) is 8.61. The number of carbonyl (C=O) groups excluding carboxylic acids is 2. The fourth-order valence-electron chi connectivity index (χ4n) is 6.55. The highest BCUT2D eigenvalue weighted by atomic mass is 35.5. The predicted molar refractivity (Wildman–Crippen MR) is 167 cm³/mol. The molecule has 2 fully saturated rings. The zero-order chi connectivity index (χ0) is 30.9. The highest BCUT2D eigenvalue weighted by Crippen LogP contribution is 2.54. The van der Waals surface area contributed by atoms with Crippen molar-refractivity contribution in [1.29, 1.82) is 5.41 Å². The van der Waals surface area contributed by atoms with Crippen molar-refractivity contribution in [1.82, 2.24) is 10.2 Å². The molecule has 0 bridgehead atoms. The zero-order valence-corrected chi connectivity index (χ0v) is 25.9. The number of ether oxygens (including phenoxy) is 1. The SMILES string of the molecule is COc1ccc(C2=NC3(CCC(C(C)(C)C)CC3)N([C@@H](c3ccc(C(=O)NCC(=N)N=NN)cc3)C3CC3)C2=O)cc1Cl. The van der Waals surface area contributed by atoms with E-state index in [0.29, 0.717) is 39.4 Å². The van der Waals surface area contributed by atoms with Gasteiger partial charge in [0, 0.05) is 11.1 Å². The molecule has 0 aromatic heterocycles. The van der Waals surface area contributed by atoms with Gasteiger partial charge in [0.2, 0.25) is 0 Å². The fourth-order valence-corrected chi connectivity index (χ4v) is 6.80. The monoisotopic (exact) mass is 605 g/mol. The third-order valence-electron chi connectivity index (χ3n) is 9.08. The van der Waals surface area contributed by atoms with E-state index in [2.05, 4.69) is 41.3 Å². The van der Waals surface area contributed by atoms with Crippen LogP contribution in [-0.2, 0) is 4.79 Å². The fraction of sp³-hybridized carbons (Fsp3) is 0.500. The van der Waals surface area contributed by atoms with Gasteiger partial charge in [-0.1, -0.05) is 49.7 Å². The van der Waals surface area contributed by atoms with Crippen molar-refractivity contribution in [2.75, 3.05) is 13.7 Å². The topological polar surface area (TPSA) is 146 Å². The number of methoxy groups -OCH3 is 1. The Morgan fingerprint density at radius 1 is 1.19 bits per heavy atom. The Morgan fingerprint density at radius 3 is 2.42 bits per heavy atom. The molecule has 2 amide bonds. The summed E-state index contributed by atoms with van der Waals surface area (Å²) in [5.41, 5.74) is 2.12. The number of amidine groups is 1. The molecule has 0 saturated heterocycles. The number of hydrogen-bond acceptors (Lipinski definition) is 6. The first kappa shape index (κ1) is 30.7. The Hall–Kier alpha value is -3.79. The molecule has 1 heterocycles. The van der Waals surface area contributed by atoms with Gasteiger partial charge in [-0.25, -0.2) is 0 Å². The summed E-state index contributed by atoms with van der Waals surface area (Å²) in [6.07, 6.45) is 5.62. The molecule has 2 aliphatic carbocycles. The Labute approximate surface area is 257 Å². The Morgan fingerprint density at radius 2 is 1.86 bits per heavy atom. The number of aliphatic imine (C=N–C) groups is 1. The lowest BCUT2D eigenvalue weighted by atomic mass is 9.69. The van der Waals surface area contributed by atoms with Gasteiger partial charge in [-0.3, -0.25) is 20.0 Å². The smallest absolute Gasteiger partial charge is 0.275 e. The maximum atomic E-state index is 14.5. The van der Waals surface area contributed by atoms with Crippen molar-refractivity contribution in [3.63, 3.8) is 0 Å². The van der Waals surface area contributed by atoms with E-state index >= 15 is 0 Å². The lowest BCUT2D eigenvalue weighted by Gasteiger charge is -2.47. The molecular formula is C32H40ClN7O3. The van der Waals surface area contributed by atoms with Gasteiger partial charge in [0.25, 0.3) is 11.8 Å². The standard InChI is InChI=1S/C32H40ClN7O3/c1-31(2,3)23-13-15-32(16-14-23)37-27(22-11-12-25(43-4)24(33)17-22)30(42)40(32)28(19-5-6-19)20-7-9-21(10-8-20)29(41)36-18-26(34)38-39-35/h7-12,17,19,23,28H,5-6,13-16,18H2,1-4H3,(H,36,41)(H3,34,35,38)/t23?,28-,32?/m1/s1. The molecule has 1 spiro atoms. The first-order valence-electron chi connectivity index (χ1n) is 14.8. The number of carbonyl (C=O) groups is 2. The minimum atomic E-state index is -0.637. The van der Waals surface area contributed by atoms with E-state index < -0.39 is 5.66 Å². The van der Waals surface area contributed by atoms with Gasteiger partial charge in [0.05, 0.1) is 24.7 Å². The number of hydrogen-bond donors (Lipinski definition) is 3. The van der Waals surface area contributed by atoms with Gasteiger partial charge < -0.3 is 20.8 Å². The molecule has 228 valence electrons. The Bertz CT molecular complexity index is 1450. The molecule has 43 heavy (non-hydrogen) atoms. The van der Waals surface area contributed by atoms with E-state index in [9.17, 15) is 9.59 Å². The first-order chi connectivity index (χ1) is 20.5. The van der Waals surface area contributed by atoms with Crippen molar-refractivity contribution in [3.05, 3.63) is 64.2 Å². The van der Waals surface area contributed by atoms with E-state index in [1.807, 2.05) is 18.2 Å². The van der Waals surface area contributed by atoms with Gasteiger partial charge in [-0.05, 0) is 91.7 Å². The van der Waals surface area contributed by atoms with Crippen LogP contribution < -0.4 is 15.9 Å². The van der Waals surface area contributed by atoms with Crippen LogP contribution in [0.5, 0.6) is 5.75 Å². The van der Waals surface area contributed by atoms with Crippen molar-refractivity contribution in [3.8, 4) is 5.75 Å². The van der Waals surface area contributed by atoms with Gasteiger partial charge in [0.1, 0.15) is 17.1 Å². The van der Waals surface area contributed by atoms with Gasteiger partial charge >= 0.3 is 0 Å². The summed E-state index contributed by atoms with van der Waals surface area (Å²) in [6, 6.07) is 12.6. The average molecular weight is 606 g/mol. The quantitative estimate of drug-likeness (QED) is 0.110. The molecule has 1 aliphatic heterocycles. The third-order valence-corrected chi connectivity index (χ3v) is 9.38. The maximum Gasteiger partial charge on any atom is 0.275 e. The molecule has 2 saturated carbocycles. The molecule has 0 unspecified atom stereocenters. The summed E-state index contributed by atoms with van der Waals surface area (Å²) in [7, 11) is 1.57. The number of nitrogens with two attached hydrogens (primary N) is 1. The molecule has 0 radical (unpaired) electrons. The van der Waals surface area contributed by atoms with E-state index in [4.69, 9.17) is 32.6 Å². The van der Waals surface area contributed by atoms with Gasteiger partial charge in [0.15, 0.2) is 5.84 Å². The highest BCUT2D eigenvalue weighted by molar-refractivity contribution is 6.47. The first-order valence-corrected chi connectivity index (χ1v) is 15.2. The summed E-state index contributed by atoms with van der Waals surface area (Å²) in [5.74, 6) is 5.84. The summed E-state index contributed by atoms with van der Waals surface area (Å²) in [6.45, 7) is 6.79. The van der Waals surface area contributed by atoms with Crippen LogP contribution in [-0.4, -0.2) is 47.6 Å². The van der Waals surface area contributed by atoms with Crippen molar-refractivity contribution < 1.29 is 14.3 Å². The molecule has 3 aliphatic rings. The summed E-state index contributed by atoms with van der Waals surface area (Å²) in [4.78, 5) is 34.5. The van der Waals surface area contributed by atoms with Gasteiger partial charge in [-0.15, -0.1) is 5.11 Å². The van der Waals surface area contributed by atoms with Gasteiger partial charge in [-0.2, -0.15) is 0 Å². The Balaban J connectivity index is 1.47. The molecule has 2 aromatic carbocycles.